The number of hydrogen-bond acceptors (Lipinski definition) is 3. The summed E-state index contributed by atoms with van der Waals surface area (Å²) in [5, 5.41) is 4.16. The molecule has 0 aliphatic heterocycles. The maximum absolute atomic E-state index is 6.81. The summed E-state index contributed by atoms with van der Waals surface area (Å²) in [5.41, 5.74) is 7.96. The molecule has 1 heterocycles. The van der Waals surface area contributed by atoms with Gasteiger partial charge in [0.2, 0.25) is 0 Å². The highest BCUT2D eigenvalue weighted by Crippen LogP contribution is 2.40. The predicted octanol–water partition coefficient (Wildman–Crippen LogP) is 2.41. The van der Waals surface area contributed by atoms with Crippen molar-refractivity contribution >= 4 is 0 Å². The molecule has 2 atom stereocenters. The van der Waals surface area contributed by atoms with Crippen LogP contribution in [-0.4, -0.2) is 20.3 Å². The largest absolute Gasteiger partial charge is 0.324 e. The first kappa shape index (κ1) is 13.3. The number of nitrogens with zero attached hydrogens (tertiary/aromatic N) is 3. The van der Waals surface area contributed by atoms with Crippen molar-refractivity contribution in [2.75, 3.05) is 0 Å². The van der Waals surface area contributed by atoms with E-state index in [0.717, 1.165) is 18.7 Å². The summed E-state index contributed by atoms with van der Waals surface area (Å²) in [7, 11) is 1.94. The number of aromatic nitrogens is 3. The second kappa shape index (κ2) is 5.37. The molecule has 3 rings (SSSR count). The van der Waals surface area contributed by atoms with E-state index in [1.165, 1.54) is 24.8 Å². The molecule has 0 amide bonds. The molecule has 0 radical (unpaired) electrons. The Balaban J connectivity index is 1.89. The monoisotopic (exact) mass is 270 g/mol. The fourth-order valence-electron chi connectivity index (χ4n) is 3.43. The first-order chi connectivity index (χ1) is 9.69. The van der Waals surface area contributed by atoms with E-state index in [4.69, 9.17) is 5.73 Å². The van der Waals surface area contributed by atoms with Crippen LogP contribution in [0.4, 0.5) is 0 Å². The van der Waals surface area contributed by atoms with Gasteiger partial charge >= 0.3 is 0 Å². The van der Waals surface area contributed by atoms with Crippen LogP contribution in [0.25, 0.3) is 0 Å². The number of nitrogens with two attached hydrogens (primary N) is 1. The van der Waals surface area contributed by atoms with Crippen molar-refractivity contribution in [2.24, 2.45) is 12.8 Å². The Morgan fingerprint density at radius 3 is 2.80 bits per heavy atom. The Hall–Kier alpha value is -1.68. The third kappa shape index (κ3) is 2.48. The molecular weight excluding hydrogens is 248 g/mol. The van der Waals surface area contributed by atoms with Gasteiger partial charge in [-0.15, -0.1) is 0 Å². The van der Waals surface area contributed by atoms with E-state index >= 15 is 0 Å². The lowest BCUT2D eigenvalue weighted by atomic mass is 9.68. The van der Waals surface area contributed by atoms with Crippen LogP contribution < -0.4 is 5.73 Å². The highest BCUT2D eigenvalue weighted by Gasteiger charge is 2.39. The molecule has 2 N–H and O–H groups in total. The van der Waals surface area contributed by atoms with Crippen LogP contribution in [-0.2, 0) is 13.5 Å². The molecule has 20 heavy (non-hydrogen) atoms. The molecule has 0 bridgehead atoms. The zero-order valence-corrected chi connectivity index (χ0v) is 12.0. The molecule has 1 aliphatic carbocycles. The normalized spacial score (nSPS) is 26.6. The Kier molecular flexibility index (Phi) is 3.57. The predicted molar refractivity (Wildman–Crippen MR) is 79.3 cm³/mol. The number of hydrogen-bond donors (Lipinski definition) is 1. The van der Waals surface area contributed by atoms with Gasteiger partial charge in [-0.2, -0.15) is 5.10 Å². The van der Waals surface area contributed by atoms with Gasteiger partial charge < -0.3 is 5.73 Å². The summed E-state index contributed by atoms with van der Waals surface area (Å²) in [6.07, 6.45) is 7.09. The fraction of sp³-hybridized carbons (Fsp3) is 0.500. The van der Waals surface area contributed by atoms with Crippen molar-refractivity contribution < 1.29 is 0 Å². The van der Waals surface area contributed by atoms with Crippen molar-refractivity contribution in [1.29, 1.82) is 0 Å². The number of aryl methyl sites for hydroxylation is 1. The minimum Gasteiger partial charge on any atom is -0.324 e. The molecule has 1 aliphatic rings. The Morgan fingerprint density at radius 1 is 1.30 bits per heavy atom. The van der Waals surface area contributed by atoms with E-state index in [2.05, 4.69) is 40.4 Å². The smallest absolute Gasteiger partial charge is 0.138 e. The van der Waals surface area contributed by atoms with Gasteiger partial charge in [0.25, 0.3) is 0 Å². The maximum atomic E-state index is 6.81. The molecule has 0 spiro atoms. The number of benzene rings is 1. The van der Waals surface area contributed by atoms with Gasteiger partial charge in [0.1, 0.15) is 12.2 Å². The molecule has 1 aromatic heterocycles. The summed E-state index contributed by atoms with van der Waals surface area (Å²) in [4.78, 5) is 4.36. The van der Waals surface area contributed by atoms with E-state index in [1.807, 2.05) is 11.7 Å². The van der Waals surface area contributed by atoms with Crippen molar-refractivity contribution in [3.8, 4) is 0 Å². The van der Waals surface area contributed by atoms with Crippen molar-refractivity contribution in [1.82, 2.24) is 14.8 Å². The zero-order valence-electron chi connectivity index (χ0n) is 12.0. The van der Waals surface area contributed by atoms with Gasteiger partial charge in [-0.05, 0) is 18.4 Å². The van der Waals surface area contributed by atoms with Gasteiger partial charge in [0.15, 0.2) is 0 Å². The molecule has 4 heteroatoms. The van der Waals surface area contributed by atoms with Crippen LogP contribution in [0.1, 0.15) is 43.0 Å². The summed E-state index contributed by atoms with van der Waals surface area (Å²) in [6, 6.07) is 10.7. The van der Waals surface area contributed by atoms with E-state index in [1.54, 1.807) is 6.33 Å². The topological polar surface area (TPSA) is 56.7 Å². The SMILES string of the molecule is Cn1ncnc1CC1(N)CCCCC1c1ccccc1. The quantitative estimate of drug-likeness (QED) is 0.931. The summed E-state index contributed by atoms with van der Waals surface area (Å²) >= 11 is 0. The summed E-state index contributed by atoms with van der Waals surface area (Å²) < 4.78 is 1.84. The first-order valence-corrected chi connectivity index (χ1v) is 7.36. The van der Waals surface area contributed by atoms with Gasteiger partial charge in [-0.1, -0.05) is 43.2 Å². The second-order valence-corrected chi connectivity index (χ2v) is 5.92. The highest BCUT2D eigenvalue weighted by atomic mass is 15.3. The lowest BCUT2D eigenvalue weighted by Gasteiger charge is -2.41. The van der Waals surface area contributed by atoms with Crippen LogP contribution in [0.2, 0.25) is 0 Å². The lowest BCUT2D eigenvalue weighted by Crippen LogP contribution is -2.50. The first-order valence-electron chi connectivity index (χ1n) is 7.36. The van der Waals surface area contributed by atoms with Crippen molar-refractivity contribution in [3.05, 3.63) is 48.0 Å². The molecule has 2 aromatic rings. The van der Waals surface area contributed by atoms with E-state index in [0.29, 0.717) is 5.92 Å². The Bertz CT molecular complexity index is 563. The Labute approximate surface area is 120 Å². The van der Waals surface area contributed by atoms with E-state index in [-0.39, 0.29) is 5.54 Å². The van der Waals surface area contributed by atoms with Crippen LogP contribution in [0, 0.1) is 0 Å². The highest BCUT2D eigenvalue weighted by molar-refractivity contribution is 5.25. The van der Waals surface area contributed by atoms with Gasteiger partial charge in [-0.3, -0.25) is 4.68 Å². The lowest BCUT2D eigenvalue weighted by molar-refractivity contribution is 0.243. The fourth-order valence-corrected chi connectivity index (χ4v) is 3.43. The maximum Gasteiger partial charge on any atom is 0.138 e. The second-order valence-electron chi connectivity index (χ2n) is 5.92. The molecule has 0 saturated heterocycles. The van der Waals surface area contributed by atoms with E-state index in [9.17, 15) is 0 Å². The molecule has 106 valence electrons. The van der Waals surface area contributed by atoms with Gasteiger partial charge in [0.05, 0.1) is 0 Å². The molecular formula is C16H22N4. The third-order valence-corrected chi connectivity index (χ3v) is 4.57. The zero-order chi connectivity index (χ0) is 14.0. The van der Waals surface area contributed by atoms with Crippen LogP contribution in [0.15, 0.2) is 36.7 Å². The summed E-state index contributed by atoms with van der Waals surface area (Å²) in [6.45, 7) is 0. The van der Waals surface area contributed by atoms with Gasteiger partial charge in [0, 0.05) is 24.9 Å². The standard InChI is InChI=1S/C16H22N4/c1-20-15(18-12-19-20)11-16(17)10-6-5-9-14(16)13-7-3-2-4-8-13/h2-4,7-8,12,14H,5-6,9-11,17H2,1H3. The average Bonchev–Trinajstić information content (AvgIpc) is 2.85. The molecule has 4 nitrogen and oxygen atoms in total. The van der Waals surface area contributed by atoms with Crippen LogP contribution >= 0.6 is 0 Å². The molecule has 1 aromatic carbocycles. The average molecular weight is 270 g/mol. The molecule has 1 saturated carbocycles. The third-order valence-electron chi connectivity index (χ3n) is 4.57. The van der Waals surface area contributed by atoms with Crippen molar-refractivity contribution in [2.45, 2.75) is 43.6 Å². The minimum atomic E-state index is -0.208. The van der Waals surface area contributed by atoms with Crippen LogP contribution in [0.5, 0.6) is 0 Å². The molecule has 2 unspecified atom stereocenters. The van der Waals surface area contributed by atoms with Gasteiger partial charge in [-0.25, -0.2) is 4.98 Å². The number of rotatable bonds is 3. The van der Waals surface area contributed by atoms with Crippen molar-refractivity contribution in [3.63, 3.8) is 0 Å². The van der Waals surface area contributed by atoms with E-state index < -0.39 is 0 Å². The van der Waals surface area contributed by atoms with Crippen LogP contribution in [0.3, 0.4) is 0 Å². The Morgan fingerprint density at radius 2 is 2.10 bits per heavy atom. The minimum absolute atomic E-state index is 0.208. The molecule has 1 fully saturated rings. The summed E-state index contributed by atoms with van der Waals surface area (Å²) in [5.74, 6) is 1.39.